The first-order valence-corrected chi connectivity index (χ1v) is 16.1. The summed E-state index contributed by atoms with van der Waals surface area (Å²) in [5.41, 5.74) is 9.74. The third-order valence-corrected chi connectivity index (χ3v) is 10.1. The highest BCUT2D eigenvalue weighted by molar-refractivity contribution is 6.22. The van der Waals surface area contributed by atoms with Crippen molar-refractivity contribution in [1.29, 1.82) is 0 Å². The van der Waals surface area contributed by atoms with Crippen LogP contribution in [0.3, 0.4) is 0 Å². The molecule has 1 heterocycles. The Labute approximate surface area is 291 Å². The summed E-state index contributed by atoms with van der Waals surface area (Å²) >= 11 is 0. The van der Waals surface area contributed by atoms with Crippen molar-refractivity contribution in [3.63, 3.8) is 0 Å². The van der Waals surface area contributed by atoms with Crippen LogP contribution in [-0.2, 0) is 5.41 Å². The van der Waals surface area contributed by atoms with Gasteiger partial charge < -0.3 is 4.42 Å². The summed E-state index contributed by atoms with van der Waals surface area (Å²) in [5.74, 6) is 0. The fourth-order valence-electron chi connectivity index (χ4n) is 7.90. The van der Waals surface area contributed by atoms with Gasteiger partial charge in [-0.05, 0) is 95.4 Å². The second kappa shape index (κ2) is 10.0. The zero-order chi connectivity index (χ0) is 38.9. The fraction of sp³-hybridized carbons (Fsp3) is 0.0638. The van der Waals surface area contributed by atoms with Crippen molar-refractivity contribution in [3.05, 3.63) is 169 Å². The van der Waals surface area contributed by atoms with E-state index in [-0.39, 0.29) is 51.1 Å². The Hall–Kier alpha value is -5.92. The van der Waals surface area contributed by atoms with E-state index >= 15 is 0 Å². The van der Waals surface area contributed by atoms with Crippen LogP contribution < -0.4 is 0 Å². The van der Waals surface area contributed by atoms with Crippen LogP contribution in [0.5, 0.6) is 0 Å². The lowest BCUT2D eigenvalue weighted by Crippen LogP contribution is -2.14. The summed E-state index contributed by atoms with van der Waals surface area (Å²) in [6, 6.07) is 32.8. The highest BCUT2D eigenvalue weighted by atomic mass is 16.3. The zero-order valence-corrected chi connectivity index (χ0v) is 26.3. The van der Waals surface area contributed by atoms with Gasteiger partial charge in [-0.15, -0.1) is 0 Å². The molecule has 0 bridgehead atoms. The molecule has 0 spiro atoms. The molecular formula is C47H32O. The summed E-state index contributed by atoms with van der Waals surface area (Å²) in [7, 11) is 0. The van der Waals surface area contributed by atoms with Crippen molar-refractivity contribution in [2.24, 2.45) is 0 Å². The number of hydrogen-bond donors (Lipinski definition) is 0. The average molecular weight is 621 g/mol. The average Bonchev–Trinajstić information content (AvgIpc) is 3.71. The lowest BCUT2D eigenvalue weighted by Gasteiger charge is -2.21. The molecule has 10 rings (SSSR count). The zero-order valence-electron chi connectivity index (χ0n) is 34.3. The van der Waals surface area contributed by atoms with Crippen LogP contribution >= 0.6 is 0 Å². The summed E-state index contributed by atoms with van der Waals surface area (Å²) < 4.78 is 78.7. The van der Waals surface area contributed by atoms with Crippen molar-refractivity contribution < 1.29 is 15.4 Å². The van der Waals surface area contributed by atoms with E-state index in [1.165, 1.54) is 22.3 Å². The molecule has 1 aliphatic carbocycles. The Bertz CT molecular complexity index is 3110. The van der Waals surface area contributed by atoms with E-state index in [4.69, 9.17) is 9.90 Å². The van der Waals surface area contributed by atoms with Gasteiger partial charge in [0.1, 0.15) is 11.2 Å². The molecule has 0 amide bonds. The molecule has 0 saturated carbocycles. The highest BCUT2D eigenvalue weighted by Crippen LogP contribution is 2.52. The molecule has 1 heteroatoms. The number of rotatable bonds is 3. The highest BCUT2D eigenvalue weighted by Gasteiger charge is 2.36. The Kier molecular flexibility index (Phi) is 4.25. The minimum Gasteiger partial charge on any atom is -0.456 e. The van der Waals surface area contributed by atoms with E-state index in [9.17, 15) is 5.48 Å². The first-order valence-electron chi connectivity index (χ1n) is 20.1. The monoisotopic (exact) mass is 620 g/mol. The molecule has 0 atom stereocenters. The van der Waals surface area contributed by atoms with Crippen LogP contribution in [0.4, 0.5) is 0 Å². The number of furan rings is 1. The van der Waals surface area contributed by atoms with Gasteiger partial charge in [-0.25, -0.2) is 0 Å². The van der Waals surface area contributed by atoms with Gasteiger partial charge in [0.2, 0.25) is 0 Å². The molecule has 226 valence electrons. The van der Waals surface area contributed by atoms with Crippen molar-refractivity contribution in [2.75, 3.05) is 0 Å². The second-order valence-corrected chi connectivity index (χ2v) is 13.0. The smallest absolute Gasteiger partial charge is 0.135 e. The van der Waals surface area contributed by atoms with Crippen LogP contribution in [0.1, 0.15) is 35.9 Å². The van der Waals surface area contributed by atoms with Crippen LogP contribution in [0, 0.1) is 0 Å². The van der Waals surface area contributed by atoms with E-state index < -0.39 is 24.2 Å². The maximum Gasteiger partial charge on any atom is 0.135 e. The molecule has 8 aromatic carbocycles. The Morgan fingerprint density at radius 3 is 1.71 bits per heavy atom. The minimum atomic E-state index is -0.429. The third kappa shape index (κ3) is 3.79. The van der Waals surface area contributed by atoms with Crippen LogP contribution in [0.15, 0.2) is 162 Å². The quantitative estimate of drug-likeness (QED) is 0.179. The van der Waals surface area contributed by atoms with E-state index in [0.717, 1.165) is 21.9 Å². The van der Waals surface area contributed by atoms with Gasteiger partial charge >= 0.3 is 0 Å². The normalized spacial score (nSPS) is 15.7. The van der Waals surface area contributed by atoms with Gasteiger partial charge in [0.15, 0.2) is 0 Å². The minimum absolute atomic E-state index is 0.178. The van der Waals surface area contributed by atoms with E-state index in [2.05, 4.69) is 56.3 Å². The SMILES string of the molecule is [2H]c1c([2H])c([2H])c2c(-c3ccc4oc5ccccc5c4c3)c3c([2H])c([2H])c([2H])c([2H])c3c(-c3ccc(-c4cccc5c4-c4ccccc4C5(C)C)cc3)c2c1[2H]. The molecule has 1 aliphatic rings. The number of fused-ring (bicyclic) bond motifs is 8. The molecule has 48 heavy (non-hydrogen) atoms. The van der Waals surface area contributed by atoms with Crippen LogP contribution in [-0.4, -0.2) is 0 Å². The lowest BCUT2D eigenvalue weighted by molar-refractivity contribution is 0.660. The Morgan fingerprint density at radius 2 is 0.979 bits per heavy atom. The number of hydrogen-bond acceptors (Lipinski definition) is 1. The van der Waals surface area contributed by atoms with Crippen molar-refractivity contribution >= 4 is 43.5 Å². The van der Waals surface area contributed by atoms with Gasteiger partial charge in [0, 0.05) is 16.2 Å². The Balaban J connectivity index is 1.30. The molecule has 0 N–H and O–H groups in total. The molecule has 9 aromatic rings. The van der Waals surface area contributed by atoms with Crippen molar-refractivity contribution in [3.8, 4) is 44.5 Å². The van der Waals surface area contributed by atoms with Crippen molar-refractivity contribution in [1.82, 2.24) is 0 Å². The molecule has 0 fully saturated rings. The van der Waals surface area contributed by atoms with E-state index in [1.54, 1.807) is 12.1 Å². The summed E-state index contributed by atoms with van der Waals surface area (Å²) in [5, 5.41) is 2.36. The predicted octanol–water partition coefficient (Wildman–Crippen LogP) is 13.2. The molecule has 0 radical (unpaired) electrons. The first kappa shape index (κ1) is 20.3. The Morgan fingerprint density at radius 1 is 0.438 bits per heavy atom. The molecule has 1 aromatic heterocycles. The fourth-order valence-corrected chi connectivity index (χ4v) is 7.90. The molecule has 0 unspecified atom stereocenters. The van der Waals surface area contributed by atoms with Gasteiger partial charge in [-0.2, -0.15) is 0 Å². The largest absolute Gasteiger partial charge is 0.456 e. The van der Waals surface area contributed by atoms with E-state index in [0.29, 0.717) is 33.4 Å². The lowest BCUT2D eigenvalue weighted by atomic mass is 9.82. The molecular weight excluding hydrogens is 581 g/mol. The second-order valence-electron chi connectivity index (χ2n) is 13.0. The standard InChI is InChI=1S/C47H32O/c1-47(2)40-19-9-7-17-38(40)46-32(18-11-20-41(46)47)29-22-24-30(25-23-29)44-34-13-3-5-15-36(34)45(37-16-6-4-14-35(37)44)31-26-27-43-39(28-31)33-12-8-10-21-42(33)48-43/h3-28H,1-2H3/i3D,4D,5D,6D,13D,14D,15D,16D. The van der Waals surface area contributed by atoms with E-state index in [1.807, 2.05) is 54.6 Å². The maximum atomic E-state index is 9.35. The summed E-state index contributed by atoms with van der Waals surface area (Å²) in [4.78, 5) is 0. The third-order valence-electron chi connectivity index (χ3n) is 10.1. The summed E-state index contributed by atoms with van der Waals surface area (Å²) in [6.07, 6.45) is 0. The molecule has 1 nitrogen and oxygen atoms in total. The van der Waals surface area contributed by atoms with Gasteiger partial charge in [-0.3, -0.25) is 0 Å². The van der Waals surface area contributed by atoms with Gasteiger partial charge in [0.25, 0.3) is 0 Å². The van der Waals surface area contributed by atoms with Crippen molar-refractivity contribution in [2.45, 2.75) is 19.3 Å². The topological polar surface area (TPSA) is 13.1 Å². The molecule has 0 aliphatic heterocycles. The predicted molar refractivity (Wildman–Crippen MR) is 203 cm³/mol. The molecule has 0 saturated heterocycles. The van der Waals surface area contributed by atoms with Crippen LogP contribution in [0.25, 0.3) is 88.0 Å². The summed E-state index contributed by atoms with van der Waals surface area (Å²) in [6.45, 7) is 4.48. The van der Waals surface area contributed by atoms with Gasteiger partial charge in [-0.1, -0.05) is 153 Å². The first-order chi connectivity index (χ1) is 26.9. The van der Waals surface area contributed by atoms with Crippen LogP contribution in [0.2, 0.25) is 0 Å². The number of benzene rings is 8. The maximum absolute atomic E-state index is 9.35. The van der Waals surface area contributed by atoms with Gasteiger partial charge in [0.05, 0.1) is 11.0 Å². The number of para-hydroxylation sites is 1.